The van der Waals surface area contributed by atoms with Crippen molar-refractivity contribution in [1.82, 2.24) is 0 Å². The molecule has 0 aliphatic carbocycles. The van der Waals surface area contributed by atoms with E-state index in [-0.39, 0.29) is 6.10 Å². The molecule has 86 valence electrons. The van der Waals surface area contributed by atoms with Crippen molar-refractivity contribution in [2.75, 3.05) is 18.5 Å². The fourth-order valence-electron chi connectivity index (χ4n) is 1.55. The summed E-state index contributed by atoms with van der Waals surface area (Å²) in [6.45, 7) is 4.53. The maximum absolute atomic E-state index is 9.24. The van der Waals surface area contributed by atoms with Crippen LogP contribution in [0.3, 0.4) is 0 Å². The zero-order valence-corrected chi connectivity index (χ0v) is 10.1. The molecule has 0 aliphatic rings. The largest absolute Gasteiger partial charge is 0.393 e. The maximum atomic E-state index is 9.24. The van der Waals surface area contributed by atoms with Crippen molar-refractivity contribution in [2.45, 2.75) is 26.4 Å². The molecule has 0 saturated carbocycles. The van der Waals surface area contributed by atoms with Crippen LogP contribution < -0.4 is 4.90 Å². The molecule has 0 fully saturated rings. The first-order valence-electron chi connectivity index (χ1n) is 5.44. The molecular formula is C13H18N2O. The van der Waals surface area contributed by atoms with E-state index in [9.17, 15) is 5.11 Å². The highest BCUT2D eigenvalue weighted by molar-refractivity contribution is 5.60. The molecular weight excluding hydrogens is 200 g/mol. The van der Waals surface area contributed by atoms with Crippen molar-refractivity contribution >= 4 is 5.69 Å². The summed E-state index contributed by atoms with van der Waals surface area (Å²) in [6.07, 6.45) is 0.396. The lowest BCUT2D eigenvalue weighted by atomic mass is 10.1. The fourth-order valence-corrected chi connectivity index (χ4v) is 1.55. The predicted molar refractivity (Wildman–Crippen MR) is 65.5 cm³/mol. The molecule has 1 aromatic carbocycles. The Bertz CT molecular complexity index is 393. The molecule has 0 spiro atoms. The predicted octanol–water partition coefficient (Wildman–Crippen LogP) is 2.07. The van der Waals surface area contributed by atoms with E-state index in [2.05, 4.69) is 6.07 Å². The summed E-state index contributed by atoms with van der Waals surface area (Å²) in [5.41, 5.74) is 2.75. The van der Waals surface area contributed by atoms with Gasteiger partial charge in [-0.25, -0.2) is 0 Å². The van der Waals surface area contributed by atoms with Crippen molar-refractivity contribution in [2.24, 2.45) is 0 Å². The van der Waals surface area contributed by atoms with E-state index in [1.54, 1.807) is 6.92 Å². The van der Waals surface area contributed by atoms with Crippen molar-refractivity contribution in [3.63, 3.8) is 0 Å². The quantitative estimate of drug-likeness (QED) is 0.841. The van der Waals surface area contributed by atoms with Crippen LogP contribution in [0.2, 0.25) is 0 Å². The first-order valence-corrected chi connectivity index (χ1v) is 5.44. The van der Waals surface area contributed by atoms with E-state index < -0.39 is 0 Å². The van der Waals surface area contributed by atoms with E-state index in [1.807, 2.05) is 37.1 Å². The molecule has 0 bridgehead atoms. The molecule has 1 atom stereocenters. The smallest absolute Gasteiger partial charge is 0.101 e. The van der Waals surface area contributed by atoms with E-state index in [0.717, 1.165) is 17.8 Å². The molecule has 0 radical (unpaired) electrons. The van der Waals surface area contributed by atoms with Crippen LogP contribution in [0.1, 0.15) is 24.5 Å². The lowest BCUT2D eigenvalue weighted by Gasteiger charge is -2.21. The topological polar surface area (TPSA) is 47.3 Å². The summed E-state index contributed by atoms with van der Waals surface area (Å²) in [5.74, 6) is 0. The van der Waals surface area contributed by atoms with Crippen LogP contribution in [0.25, 0.3) is 0 Å². The first kappa shape index (κ1) is 12.5. The Balaban J connectivity index is 2.85. The molecule has 1 unspecified atom stereocenters. The van der Waals surface area contributed by atoms with Crippen molar-refractivity contribution < 1.29 is 5.11 Å². The lowest BCUT2D eigenvalue weighted by molar-refractivity contribution is 0.187. The van der Waals surface area contributed by atoms with Crippen LogP contribution in [-0.4, -0.2) is 24.8 Å². The van der Waals surface area contributed by atoms with Gasteiger partial charge in [-0.3, -0.25) is 0 Å². The van der Waals surface area contributed by atoms with E-state index in [1.165, 1.54) is 0 Å². The minimum absolute atomic E-state index is 0.308. The standard InChI is InChI=1S/C13H18N2O/c1-10-4-5-12(9-14)13(8-10)15(3)7-6-11(2)16/h4-5,8,11,16H,6-7H2,1-3H3. The average Bonchev–Trinajstić information content (AvgIpc) is 2.25. The van der Waals surface area contributed by atoms with Gasteiger partial charge in [0.25, 0.3) is 0 Å². The van der Waals surface area contributed by atoms with Gasteiger partial charge in [0, 0.05) is 13.6 Å². The molecule has 3 nitrogen and oxygen atoms in total. The number of aliphatic hydroxyl groups is 1. The molecule has 3 heteroatoms. The van der Waals surface area contributed by atoms with E-state index >= 15 is 0 Å². The number of aliphatic hydroxyl groups excluding tert-OH is 1. The second kappa shape index (κ2) is 5.53. The first-order chi connectivity index (χ1) is 7.54. The van der Waals surface area contributed by atoms with Gasteiger partial charge in [0.15, 0.2) is 0 Å². The van der Waals surface area contributed by atoms with Crippen molar-refractivity contribution in [3.8, 4) is 6.07 Å². The third-order valence-corrected chi connectivity index (χ3v) is 2.57. The lowest BCUT2D eigenvalue weighted by Crippen LogP contribution is -2.22. The van der Waals surface area contributed by atoms with Gasteiger partial charge < -0.3 is 10.0 Å². The highest BCUT2D eigenvalue weighted by atomic mass is 16.3. The zero-order valence-electron chi connectivity index (χ0n) is 10.1. The van der Waals surface area contributed by atoms with Gasteiger partial charge in [-0.1, -0.05) is 6.07 Å². The normalized spacial score (nSPS) is 11.9. The highest BCUT2D eigenvalue weighted by Gasteiger charge is 2.08. The van der Waals surface area contributed by atoms with Gasteiger partial charge in [-0.2, -0.15) is 5.26 Å². The van der Waals surface area contributed by atoms with Gasteiger partial charge >= 0.3 is 0 Å². The summed E-state index contributed by atoms with van der Waals surface area (Å²) in [7, 11) is 1.94. The van der Waals surface area contributed by atoms with Crippen LogP contribution in [0.5, 0.6) is 0 Å². The van der Waals surface area contributed by atoms with Gasteiger partial charge in [0.2, 0.25) is 0 Å². The van der Waals surface area contributed by atoms with Crippen molar-refractivity contribution in [1.29, 1.82) is 5.26 Å². The molecule has 0 amide bonds. The number of aryl methyl sites for hydroxylation is 1. The van der Waals surface area contributed by atoms with Gasteiger partial charge in [-0.15, -0.1) is 0 Å². The second-order valence-corrected chi connectivity index (χ2v) is 4.19. The molecule has 0 aromatic heterocycles. The molecule has 1 N–H and O–H groups in total. The molecule has 0 aliphatic heterocycles. The summed E-state index contributed by atoms with van der Waals surface area (Å²) in [6, 6.07) is 7.96. The summed E-state index contributed by atoms with van der Waals surface area (Å²) >= 11 is 0. The van der Waals surface area contributed by atoms with Crippen LogP contribution in [0.4, 0.5) is 5.69 Å². The Kier molecular flexibility index (Phi) is 4.33. The highest BCUT2D eigenvalue weighted by Crippen LogP contribution is 2.20. The second-order valence-electron chi connectivity index (χ2n) is 4.19. The number of anilines is 1. The molecule has 1 rings (SSSR count). The Hall–Kier alpha value is -1.53. The third kappa shape index (κ3) is 3.25. The molecule has 0 heterocycles. The molecule has 1 aromatic rings. The number of hydrogen-bond acceptors (Lipinski definition) is 3. The Labute approximate surface area is 96.9 Å². The van der Waals surface area contributed by atoms with Crippen LogP contribution in [-0.2, 0) is 0 Å². The van der Waals surface area contributed by atoms with Gasteiger partial charge in [-0.05, 0) is 38.0 Å². The SMILES string of the molecule is Cc1ccc(C#N)c(N(C)CCC(C)O)c1. The van der Waals surface area contributed by atoms with Gasteiger partial charge in [0.1, 0.15) is 6.07 Å². The fraction of sp³-hybridized carbons (Fsp3) is 0.462. The van der Waals surface area contributed by atoms with Gasteiger partial charge in [0.05, 0.1) is 17.4 Å². The van der Waals surface area contributed by atoms with Crippen molar-refractivity contribution in [3.05, 3.63) is 29.3 Å². The Morgan fingerprint density at radius 3 is 2.75 bits per heavy atom. The molecule has 16 heavy (non-hydrogen) atoms. The number of hydrogen-bond donors (Lipinski definition) is 1. The Morgan fingerprint density at radius 2 is 2.19 bits per heavy atom. The van der Waals surface area contributed by atoms with Crippen LogP contribution in [0.15, 0.2) is 18.2 Å². The number of rotatable bonds is 4. The Morgan fingerprint density at radius 1 is 1.50 bits per heavy atom. The summed E-state index contributed by atoms with van der Waals surface area (Å²) in [5, 5.41) is 18.2. The summed E-state index contributed by atoms with van der Waals surface area (Å²) < 4.78 is 0. The average molecular weight is 218 g/mol. The van der Waals surface area contributed by atoms with Crippen LogP contribution in [0, 0.1) is 18.3 Å². The summed E-state index contributed by atoms with van der Waals surface area (Å²) in [4.78, 5) is 2.01. The number of benzene rings is 1. The zero-order chi connectivity index (χ0) is 12.1. The number of nitrogens with zero attached hydrogens (tertiary/aromatic N) is 2. The monoisotopic (exact) mass is 218 g/mol. The third-order valence-electron chi connectivity index (χ3n) is 2.57. The van der Waals surface area contributed by atoms with E-state index in [0.29, 0.717) is 12.0 Å². The maximum Gasteiger partial charge on any atom is 0.101 e. The minimum atomic E-state index is -0.308. The van der Waals surface area contributed by atoms with E-state index in [4.69, 9.17) is 5.26 Å². The number of nitriles is 1. The van der Waals surface area contributed by atoms with Crippen LogP contribution >= 0.6 is 0 Å². The minimum Gasteiger partial charge on any atom is -0.393 e. The molecule has 0 saturated heterocycles.